The summed E-state index contributed by atoms with van der Waals surface area (Å²) in [6.45, 7) is 7.33. The van der Waals surface area contributed by atoms with E-state index in [9.17, 15) is 9.50 Å². The number of ether oxygens (including phenoxy) is 3. The number of morpholine rings is 1. The monoisotopic (exact) mass is 327 g/mol. The standard InChI is InChI=1S/C17H26FNO4/c1-13-9-19(10-14(2)23-13)11-16(20)12-21-7-8-22-17-5-3-15(18)4-6-17/h3-6,13-14,16,20H,7-12H2,1-2H3/t13-,14-,16-/m1/s1. The molecule has 0 spiro atoms. The van der Waals surface area contributed by atoms with Gasteiger partial charge in [0, 0.05) is 19.6 Å². The first-order chi connectivity index (χ1) is 11.0. The molecule has 0 saturated carbocycles. The van der Waals surface area contributed by atoms with E-state index in [1.165, 1.54) is 12.1 Å². The number of aliphatic hydroxyl groups excluding tert-OH is 1. The second kappa shape index (κ2) is 9.17. The Kier molecular flexibility index (Phi) is 7.23. The van der Waals surface area contributed by atoms with Crippen LogP contribution >= 0.6 is 0 Å². The van der Waals surface area contributed by atoms with Crippen molar-refractivity contribution in [1.82, 2.24) is 4.90 Å². The van der Waals surface area contributed by atoms with Crippen molar-refractivity contribution in [2.45, 2.75) is 32.2 Å². The quantitative estimate of drug-likeness (QED) is 0.737. The zero-order valence-corrected chi connectivity index (χ0v) is 13.8. The van der Waals surface area contributed by atoms with Gasteiger partial charge in [0.05, 0.1) is 31.5 Å². The molecule has 0 radical (unpaired) electrons. The van der Waals surface area contributed by atoms with Crippen molar-refractivity contribution in [3.05, 3.63) is 30.1 Å². The van der Waals surface area contributed by atoms with Crippen molar-refractivity contribution in [2.75, 3.05) is 39.5 Å². The lowest BCUT2D eigenvalue weighted by Gasteiger charge is -2.36. The number of β-amino-alcohol motifs (C(OH)–C–C–N with tert-alkyl or cyclic N) is 1. The van der Waals surface area contributed by atoms with Crippen molar-refractivity contribution >= 4 is 0 Å². The molecule has 1 fully saturated rings. The highest BCUT2D eigenvalue weighted by Crippen LogP contribution is 2.12. The molecular formula is C17H26FNO4. The van der Waals surface area contributed by atoms with E-state index in [2.05, 4.69) is 4.90 Å². The third kappa shape index (κ3) is 6.83. The van der Waals surface area contributed by atoms with E-state index >= 15 is 0 Å². The molecule has 23 heavy (non-hydrogen) atoms. The third-order valence-electron chi connectivity index (χ3n) is 3.58. The van der Waals surface area contributed by atoms with E-state index in [0.29, 0.717) is 25.5 Å². The average molecular weight is 327 g/mol. The number of hydrogen-bond acceptors (Lipinski definition) is 5. The van der Waals surface area contributed by atoms with Crippen molar-refractivity contribution in [2.24, 2.45) is 0 Å². The van der Waals surface area contributed by atoms with Crippen LogP contribution in [0.25, 0.3) is 0 Å². The van der Waals surface area contributed by atoms with Gasteiger partial charge < -0.3 is 19.3 Å². The summed E-state index contributed by atoms with van der Waals surface area (Å²) in [7, 11) is 0. The Morgan fingerprint density at radius 1 is 1.22 bits per heavy atom. The van der Waals surface area contributed by atoms with Gasteiger partial charge in [0.1, 0.15) is 18.2 Å². The third-order valence-corrected chi connectivity index (χ3v) is 3.58. The van der Waals surface area contributed by atoms with Crippen LogP contribution in [0.4, 0.5) is 4.39 Å². The van der Waals surface area contributed by atoms with E-state index in [0.717, 1.165) is 13.1 Å². The summed E-state index contributed by atoms with van der Waals surface area (Å²) in [6.07, 6.45) is -0.148. The largest absolute Gasteiger partial charge is 0.491 e. The van der Waals surface area contributed by atoms with Crippen LogP contribution in [0.15, 0.2) is 24.3 Å². The van der Waals surface area contributed by atoms with Crippen LogP contribution in [0.5, 0.6) is 5.75 Å². The topological polar surface area (TPSA) is 51.2 Å². The maximum Gasteiger partial charge on any atom is 0.123 e. The van der Waals surface area contributed by atoms with Crippen LogP contribution in [0.3, 0.4) is 0 Å². The van der Waals surface area contributed by atoms with Gasteiger partial charge in [0.25, 0.3) is 0 Å². The Balaban J connectivity index is 1.56. The molecule has 0 aromatic heterocycles. The van der Waals surface area contributed by atoms with Crippen LogP contribution in [-0.2, 0) is 9.47 Å². The van der Waals surface area contributed by atoms with Crippen molar-refractivity contribution in [3.63, 3.8) is 0 Å². The van der Waals surface area contributed by atoms with E-state index < -0.39 is 6.10 Å². The van der Waals surface area contributed by atoms with Crippen LogP contribution in [-0.4, -0.2) is 67.8 Å². The van der Waals surface area contributed by atoms with E-state index in [-0.39, 0.29) is 24.6 Å². The number of halogens is 1. The first-order valence-corrected chi connectivity index (χ1v) is 8.05. The molecule has 1 aliphatic heterocycles. The van der Waals surface area contributed by atoms with Gasteiger partial charge in [-0.3, -0.25) is 4.90 Å². The highest BCUT2D eigenvalue weighted by molar-refractivity contribution is 5.21. The molecule has 1 aromatic rings. The Labute approximate surface area is 137 Å². The van der Waals surface area contributed by atoms with E-state index in [4.69, 9.17) is 14.2 Å². The van der Waals surface area contributed by atoms with Gasteiger partial charge in [-0.2, -0.15) is 0 Å². The smallest absolute Gasteiger partial charge is 0.123 e. The zero-order chi connectivity index (χ0) is 16.7. The van der Waals surface area contributed by atoms with Crippen molar-refractivity contribution < 1.29 is 23.7 Å². The number of aliphatic hydroxyl groups is 1. The van der Waals surface area contributed by atoms with Gasteiger partial charge in [-0.15, -0.1) is 0 Å². The Morgan fingerprint density at radius 2 is 1.87 bits per heavy atom. The molecule has 5 nitrogen and oxygen atoms in total. The number of benzene rings is 1. The average Bonchev–Trinajstić information content (AvgIpc) is 2.47. The van der Waals surface area contributed by atoms with Gasteiger partial charge in [-0.25, -0.2) is 4.39 Å². The van der Waals surface area contributed by atoms with E-state index in [1.807, 2.05) is 13.8 Å². The first-order valence-electron chi connectivity index (χ1n) is 8.05. The summed E-state index contributed by atoms with van der Waals surface area (Å²) in [4.78, 5) is 2.20. The van der Waals surface area contributed by atoms with Crippen LogP contribution < -0.4 is 4.74 Å². The summed E-state index contributed by atoms with van der Waals surface area (Å²) in [5, 5.41) is 10.0. The molecule has 2 rings (SSSR count). The lowest BCUT2D eigenvalue weighted by molar-refractivity contribution is -0.0824. The normalized spacial score (nSPS) is 23.7. The maximum absolute atomic E-state index is 12.7. The molecule has 1 N–H and O–H groups in total. The minimum absolute atomic E-state index is 0.191. The first kappa shape index (κ1) is 18.1. The van der Waals surface area contributed by atoms with Gasteiger partial charge in [-0.1, -0.05) is 0 Å². The molecule has 1 aromatic carbocycles. The van der Waals surface area contributed by atoms with Gasteiger partial charge >= 0.3 is 0 Å². The Hall–Kier alpha value is -1.21. The Morgan fingerprint density at radius 3 is 2.52 bits per heavy atom. The molecule has 1 heterocycles. The molecule has 6 heteroatoms. The van der Waals surface area contributed by atoms with Crippen LogP contribution in [0.2, 0.25) is 0 Å². The molecule has 130 valence electrons. The second-order valence-corrected chi connectivity index (χ2v) is 6.01. The second-order valence-electron chi connectivity index (χ2n) is 6.01. The zero-order valence-electron chi connectivity index (χ0n) is 13.8. The number of hydrogen-bond donors (Lipinski definition) is 1. The molecule has 1 aliphatic rings. The van der Waals surface area contributed by atoms with Gasteiger partial charge in [0.15, 0.2) is 0 Å². The summed E-state index contributed by atoms with van der Waals surface area (Å²) < 4.78 is 29.3. The predicted octanol–water partition coefficient (Wildman–Crippen LogP) is 1.69. The minimum Gasteiger partial charge on any atom is -0.491 e. The molecule has 0 aliphatic carbocycles. The molecule has 0 bridgehead atoms. The summed E-state index contributed by atoms with van der Waals surface area (Å²) >= 11 is 0. The minimum atomic E-state index is -0.529. The van der Waals surface area contributed by atoms with Crippen molar-refractivity contribution in [3.8, 4) is 5.75 Å². The number of rotatable bonds is 8. The van der Waals surface area contributed by atoms with E-state index in [1.54, 1.807) is 12.1 Å². The lowest BCUT2D eigenvalue weighted by atomic mass is 10.2. The van der Waals surface area contributed by atoms with Crippen LogP contribution in [0, 0.1) is 5.82 Å². The fourth-order valence-corrected chi connectivity index (χ4v) is 2.75. The summed E-state index contributed by atoms with van der Waals surface area (Å²) in [6, 6.07) is 5.85. The predicted molar refractivity (Wildman–Crippen MR) is 85.2 cm³/mol. The van der Waals surface area contributed by atoms with Crippen LogP contribution in [0.1, 0.15) is 13.8 Å². The SMILES string of the molecule is C[C@@H]1CN(C[C@@H](O)COCCOc2ccc(F)cc2)C[C@@H](C)O1. The summed E-state index contributed by atoms with van der Waals surface area (Å²) in [5.41, 5.74) is 0. The fourth-order valence-electron chi connectivity index (χ4n) is 2.75. The maximum atomic E-state index is 12.7. The molecule has 0 amide bonds. The molecular weight excluding hydrogens is 301 g/mol. The van der Waals surface area contributed by atoms with Gasteiger partial charge in [-0.05, 0) is 38.1 Å². The fraction of sp³-hybridized carbons (Fsp3) is 0.647. The molecule has 1 saturated heterocycles. The number of nitrogens with zero attached hydrogens (tertiary/aromatic N) is 1. The molecule has 0 unspecified atom stereocenters. The van der Waals surface area contributed by atoms with Crippen molar-refractivity contribution in [1.29, 1.82) is 0 Å². The molecule has 3 atom stereocenters. The highest BCUT2D eigenvalue weighted by atomic mass is 19.1. The summed E-state index contributed by atoms with van der Waals surface area (Å²) in [5.74, 6) is 0.315. The lowest BCUT2D eigenvalue weighted by Crippen LogP contribution is -2.48. The highest BCUT2D eigenvalue weighted by Gasteiger charge is 2.23. The Bertz CT molecular complexity index is 446. The van der Waals surface area contributed by atoms with Gasteiger partial charge in [0.2, 0.25) is 0 Å².